The van der Waals surface area contributed by atoms with Gasteiger partial charge in [0.05, 0.1) is 11.9 Å². The number of fused-ring (bicyclic) bond motifs is 3. The van der Waals surface area contributed by atoms with Gasteiger partial charge in [0.25, 0.3) is 0 Å². The van der Waals surface area contributed by atoms with Crippen LogP contribution in [0.5, 0.6) is 0 Å². The number of pyridine rings is 1. The van der Waals surface area contributed by atoms with Crippen LogP contribution < -0.4 is 10.2 Å². The largest absolute Gasteiger partial charge is 0.365 e. The summed E-state index contributed by atoms with van der Waals surface area (Å²) in [5, 5.41) is 3.53. The van der Waals surface area contributed by atoms with E-state index in [1.165, 1.54) is 57.1 Å². The zero-order valence-electron chi connectivity index (χ0n) is 13.0. The molecule has 0 radical (unpaired) electrons. The number of nitrogens with one attached hydrogen (secondary N) is 1. The Morgan fingerprint density at radius 2 is 2.05 bits per heavy atom. The predicted octanol–water partition coefficient (Wildman–Crippen LogP) is 2.93. The molecule has 4 rings (SSSR count). The molecule has 1 N–H and O–H groups in total. The lowest BCUT2D eigenvalue weighted by Gasteiger charge is -2.42. The molecule has 1 unspecified atom stereocenters. The fourth-order valence-corrected chi connectivity index (χ4v) is 4.58. The van der Waals surface area contributed by atoms with Crippen LogP contribution >= 0.6 is 0 Å². The van der Waals surface area contributed by atoms with Crippen LogP contribution in [0, 0.1) is 5.92 Å². The van der Waals surface area contributed by atoms with E-state index < -0.39 is 0 Å². The van der Waals surface area contributed by atoms with Gasteiger partial charge in [-0.2, -0.15) is 0 Å². The van der Waals surface area contributed by atoms with Gasteiger partial charge in [0.15, 0.2) is 0 Å². The van der Waals surface area contributed by atoms with E-state index in [2.05, 4.69) is 27.6 Å². The number of nitrogens with zero attached hydrogens (tertiary/aromatic N) is 2. The average Bonchev–Trinajstić information content (AvgIpc) is 2.56. The first-order chi connectivity index (χ1) is 10.4. The maximum atomic E-state index is 4.59. The molecule has 3 aliphatic rings. The highest BCUT2D eigenvalue weighted by Gasteiger charge is 2.30. The summed E-state index contributed by atoms with van der Waals surface area (Å²) >= 11 is 0. The summed E-state index contributed by atoms with van der Waals surface area (Å²) in [6.07, 6.45) is 15.3. The molecule has 1 saturated heterocycles. The SMILES string of the molecule is c1ncc2c(c1CC1CCCCC1)CCC1CNCCN21. The molecule has 114 valence electrons. The average molecular weight is 285 g/mol. The fourth-order valence-electron chi connectivity index (χ4n) is 4.58. The lowest BCUT2D eigenvalue weighted by molar-refractivity contribution is 0.355. The van der Waals surface area contributed by atoms with Crippen molar-refractivity contribution in [2.24, 2.45) is 5.92 Å². The lowest BCUT2D eigenvalue weighted by atomic mass is 9.82. The minimum atomic E-state index is 0.693. The topological polar surface area (TPSA) is 28.2 Å². The number of rotatable bonds is 2. The van der Waals surface area contributed by atoms with Gasteiger partial charge in [-0.3, -0.25) is 4.98 Å². The minimum Gasteiger partial charge on any atom is -0.365 e. The molecule has 1 aliphatic carbocycles. The van der Waals surface area contributed by atoms with E-state index in [4.69, 9.17) is 0 Å². The van der Waals surface area contributed by atoms with Crippen LogP contribution in [0.1, 0.15) is 49.7 Å². The van der Waals surface area contributed by atoms with Crippen molar-refractivity contribution in [3.63, 3.8) is 0 Å². The molecule has 1 aromatic heterocycles. The lowest BCUT2D eigenvalue weighted by Crippen LogP contribution is -2.53. The Labute approximate surface area is 128 Å². The van der Waals surface area contributed by atoms with Gasteiger partial charge in [-0.25, -0.2) is 0 Å². The van der Waals surface area contributed by atoms with Crippen molar-refractivity contribution in [2.45, 2.75) is 57.4 Å². The number of anilines is 1. The second kappa shape index (κ2) is 5.96. The van der Waals surface area contributed by atoms with E-state index in [-0.39, 0.29) is 0 Å². The Balaban J connectivity index is 1.58. The summed E-state index contributed by atoms with van der Waals surface area (Å²) in [7, 11) is 0. The molecule has 3 heteroatoms. The van der Waals surface area contributed by atoms with Crippen LogP contribution in [0.3, 0.4) is 0 Å². The van der Waals surface area contributed by atoms with Crippen molar-refractivity contribution >= 4 is 5.69 Å². The van der Waals surface area contributed by atoms with Crippen molar-refractivity contribution in [3.05, 3.63) is 23.5 Å². The van der Waals surface area contributed by atoms with Crippen LogP contribution in [0.4, 0.5) is 5.69 Å². The molecule has 1 atom stereocenters. The molecular formula is C18H27N3. The number of piperazine rings is 1. The van der Waals surface area contributed by atoms with E-state index >= 15 is 0 Å². The van der Waals surface area contributed by atoms with E-state index in [0.717, 1.165) is 25.6 Å². The molecule has 21 heavy (non-hydrogen) atoms. The Hall–Kier alpha value is -1.09. The smallest absolute Gasteiger partial charge is 0.0591 e. The van der Waals surface area contributed by atoms with Crippen LogP contribution in [0.2, 0.25) is 0 Å². The number of hydrogen-bond acceptors (Lipinski definition) is 3. The summed E-state index contributed by atoms with van der Waals surface area (Å²) in [5.41, 5.74) is 4.62. The number of aromatic nitrogens is 1. The Bertz CT molecular complexity index is 493. The van der Waals surface area contributed by atoms with Gasteiger partial charge in [-0.1, -0.05) is 32.1 Å². The summed E-state index contributed by atoms with van der Waals surface area (Å²) in [4.78, 5) is 7.21. The first kappa shape index (κ1) is 13.6. The standard InChI is InChI=1S/C18H27N3/c1-2-4-14(5-3-1)10-15-11-20-13-18-17(15)7-6-16-12-19-8-9-21(16)18/h11,13-14,16,19H,1-10,12H2. The number of hydrogen-bond donors (Lipinski definition) is 1. The van der Waals surface area contributed by atoms with Gasteiger partial charge in [-0.05, 0) is 36.3 Å². The van der Waals surface area contributed by atoms with Gasteiger partial charge in [-0.15, -0.1) is 0 Å². The quantitative estimate of drug-likeness (QED) is 0.905. The van der Waals surface area contributed by atoms with Crippen LogP contribution in [-0.2, 0) is 12.8 Å². The van der Waals surface area contributed by atoms with Gasteiger partial charge in [0.1, 0.15) is 0 Å². The summed E-state index contributed by atoms with van der Waals surface area (Å²) < 4.78 is 0. The molecule has 1 aromatic rings. The third-order valence-corrected chi connectivity index (χ3v) is 5.74. The monoisotopic (exact) mass is 285 g/mol. The van der Waals surface area contributed by atoms with E-state index in [9.17, 15) is 0 Å². The maximum absolute atomic E-state index is 4.59. The summed E-state index contributed by atoms with van der Waals surface area (Å²) in [6.45, 7) is 3.40. The second-order valence-corrected chi connectivity index (χ2v) is 7.09. The third kappa shape index (κ3) is 2.68. The van der Waals surface area contributed by atoms with Crippen molar-refractivity contribution in [1.29, 1.82) is 0 Å². The minimum absolute atomic E-state index is 0.693. The van der Waals surface area contributed by atoms with E-state index in [0.29, 0.717) is 6.04 Å². The van der Waals surface area contributed by atoms with Crippen LogP contribution in [0.15, 0.2) is 12.4 Å². The molecule has 0 amide bonds. The molecule has 0 bridgehead atoms. The molecular weight excluding hydrogens is 258 g/mol. The van der Waals surface area contributed by atoms with Gasteiger partial charge in [0.2, 0.25) is 0 Å². The molecule has 1 saturated carbocycles. The molecule has 0 aromatic carbocycles. The van der Waals surface area contributed by atoms with Crippen molar-refractivity contribution < 1.29 is 0 Å². The van der Waals surface area contributed by atoms with Crippen molar-refractivity contribution in [3.8, 4) is 0 Å². The van der Waals surface area contributed by atoms with E-state index in [1.807, 2.05) is 0 Å². The summed E-state index contributed by atoms with van der Waals surface area (Å²) in [5.74, 6) is 0.910. The normalized spacial score (nSPS) is 26.3. The first-order valence-electron chi connectivity index (χ1n) is 8.85. The Morgan fingerprint density at radius 3 is 2.95 bits per heavy atom. The van der Waals surface area contributed by atoms with E-state index in [1.54, 1.807) is 11.1 Å². The second-order valence-electron chi connectivity index (χ2n) is 7.09. The fraction of sp³-hybridized carbons (Fsp3) is 0.722. The highest BCUT2D eigenvalue weighted by Crippen LogP contribution is 2.35. The highest BCUT2D eigenvalue weighted by atomic mass is 15.2. The van der Waals surface area contributed by atoms with Gasteiger partial charge >= 0.3 is 0 Å². The third-order valence-electron chi connectivity index (χ3n) is 5.74. The van der Waals surface area contributed by atoms with Gasteiger partial charge < -0.3 is 10.2 Å². The zero-order valence-corrected chi connectivity index (χ0v) is 13.0. The van der Waals surface area contributed by atoms with Crippen LogP contribution in [-0.4, -0.2) is 30.7 Å². The van der Waals surface area contributed by atoms with Gasteiger partial charge in [0, 0.05) is 31.9 Å². The molecule has 3 nitrogen and oxygen atoms in total. The zero-order chi connectivity index (χ0) is 14.1. The molecule has 3 heterocycles. The van der Waals surface area contributed by atoms with Crippen molar-refractivity contribution in [1.82, 2.24) is 10.3 Å². The predicted molar refractivity (Wildman–Crippen MR) is 86.8 cm³/mol. The molecule has 0 spiro atoms. The summed E-state index contributed by atoms with van der Waals surface area (Å²) in [6, 6.07) is 0.693. The Morgan fingerprint density at radius 1 is 1.14 bits per heavy atom. The van der Waals surface area contributed by atoms with Crippen LogP contribution in [0.25, 0.3) is 0 Å². The first-order valence-corrected chi connectivity index (χ1v) is 8.85. The highest BCUT2D eigenvalue weighted by molar-refractivity contribution is 5.58. The maximum Gasteiger partial charge on any atom is 0.0591 e. The Kier molecular flexibility index (Phi) is 3.85. The van der Waals surface area contributed by atoms with Crippen molar-refractivity contribution in [2.75, 3.05) is 24.5 Å². The molecule has 2 fully saturated rings. The molecule has 2 aliphatic heterocycles.